The van der Waals surface area contributed by atoms with Gasteiger partial charge in [0.1, 0.15) is 0 Å². The molecule has 0 fully saturated rings. The second kappa shape index (κ2) is 11.1. The Morgan fingerprint density at radius 2 is 2.09 bits per heavy atom. The van der Waals surface area contributed by atoms with Crippen LogP contribution < -0.4 is 0 Å². The molecule has 0 aliphatic carbocycles. The predicted molar refractivity (Wildman–Crippen MR) is 86.3 cm³/mol. The number of hydrogen-bond acceptors (Lipinski definition) is 4. The minimum Gasteiger partial charge on any atom is -0.464 e. The molecule has 0 spiro atoms. The van der Waals surface area contributed by atoms with Gasteiger partial charge in [0, 0.05) is 25.5 Å². The van der Waals surface area contributed by atoms with Crippen molar-refractivity contribution in [2.24, 2.45) is 4.99 Å². The van der Waals surface area contributed by atoms with E-state index in [9.17, 15) is 4.79 Å². The summed E-state index contributed by atoms with van der Waals surface area (Å²) in [5.74, 6) is 5.55. The summed E-state index contributed by atoms with van der Waals surface area (Å²) in [7, 11) is 0. The minimum absolute atomic E-state index is 0.325. The molecule has 0 radical (unpaired) electrons. The molecule has 4 nitrogen and oxygen atoms in total. The molecule has 22 heavy (non-hydrogen) atoms. The van der Waals surface area contributed by atoms with E-state index in [1.54, 1.807) is 13.1 Å². The number of rotatable bonds is 7. The van der Waals surface area contributed by atoms with E-state index in [1.807, 2.05) is 30.3 Å². The average molecular weight is 296 g/mol. The molecule has 1 aromatic carbocycles. The summed E-state index contributed by atoms with van der Waals surface area (Å²) in [5.41, 5.74) is 0.929. The summed E-state index contributed by atoms with van der Waals surface area (Å²) in [6, 6.07) is 11.0. The van der Waals surface area contributed by atoms with Crippen molar-refractivity contribution < 1.29 is 9.53 Å². The van der Waals surface area contributed by atoms with Gasteiger partial charge in [0.2, 0.25) is 0 Å². The normalized spacial score (nSPS) is 11.3. The standard InChI is InChI=1S/C18H20N2O2/c1-2-22-18(21)17(13-9-4-3-5-10-14-19)20-15-16-11-7-6-8-12-16/h6-8,11-12,15,17H,2-3,5,10,13H2,1H3/b20-15+. The predicted octanol–water partition coefficient (Wildman–Crippen LogP) is 3.12. The molecule has 0 saturated carbocycles. The fourth-order valence-corrected chi connectivity index (χ4v) is 1.66. The Hall–Kier alpha value is -2.59. The number of ether oxygens (including phenoxy) is 1. The molecule has 0 aliphatic rings. The lowest BCUT2D eigenvalue weighted by Gasteiger charge is -2.07. The largest absolute Gasteiger partial charge is 0.464 e. The highest BCUT2D eigenvalue weighted by Crippen LogP contribution is 2.03. The molecule has 1 unspecified atom stereocenters. The van der Waals surface area contributed by atoms with E-state index in [0.29, 0.717) is 25.9 Å². The number of nitrogens with zero attached hydrogens (tertiary/aromatic N) is 2. The van der Waals surface area contributed by atoms with Gasteiger partial charge in [0.15, 0.2) is 6.04 Å². The Morgan fingerprint density at radius 3 is 2.77 bits per heavy atom. The van der Waals surface area contributed by atoms with Gasteiger partial charge in [0.25, 0.3) is 0 Å². The third-order valence-corrected chi connectivity index (χ3v) is 2.77. The third-order valence-electron chi connectivity index (χ3n) is 2.77. The molecular formula is C18H20N2O2. The van der Waals surface area contributed by atoms with Gasteiger partial charge >= 0.3 is 5.97 Å². The summed E-state index contributed by atoms with van der Waals surface area (Å²) >= 11 is 0. The van der Waals surface area contributed by atoms with Crippen molar-refractivity contribution in [3.05, 3.63) is 35.9 Å². The molecule has 1 aromatic rings. The van der Waals surface area contributed by atoms with Gasteiger partial charge in [-0.3, -0.25) is 4.99 Å². The first-order chi connectivity index (χ1) is 10.8. The lowest BCUT2D eigenvalue weighted by atomic mass is 10.2. The SMILES string of the molecule is CCOC(=O)C(CC#CCCCC#N)/N=C/c1ccccc1. The topological polar surface area (TPSA) is 62.5 Å². The van der Waals surface area contributed by atoms with Crippen molar-refractivity contribution >= 4 is 12.2 Å². The average Bonchev–Trinajstić information content (AvgIpc) is 2.54. The van der Waals surface area contributed by atoms with Crippen molar-refractivity contribution in [3.8, 4) is 17.9 Å². The van der Waals surface area contributed by atoms with Crippen LogP contribution in [0.25, 0.3) is 0 Å². The molecule has 1 atom stereocenters. The van der Waals surface area contributed by atoms with E-state index in [4.69, 9.17) is 10.00 Å². The number of aliphatic imine (C=N–C) groups is 1. The van der Waals surface area contributed by atoms with E-state index in [-0.39, 0.29) is 5.97 Å². The third kappa shape index (κ3) is 7.26. The summed E-state index contributed by atoms with van der Waals surface area (Å²) in [6.07, 6.45) is 3.90. The number of benzene rings is 1. The Balaban J connectivity index is 2.62. The molecule has 1 rings (SSSR count). The van der Waals surface area contributed by atoms with E-state index >= 15 is 0 Å². The molecule has 0 aliphatic heterocycles. The first-order valence-corrected chi connectivity index (χ1v) is 7.35. The molecular weight excluding hydrogens is 276 g/mol. The van der Waals surface area contributed by atoms with Gasteiger partial charge in [-0.05, 0) is 18.9 Å². The number of unbranched alkanes of at least 4 members (excludes halogenated alkanes) is 2. The first kappa shape index (κ1) is 17.5. The van der Waals surface area contributed by atoms with Crippen molar-refractivity contribution in [2.75, 3.05) is 6.61 Å². The van der Waals surface area contributed by atoms with Crippen LogP contribution in [0.1, 0.15) is 38.2 Å². The Labute approximate surface area is 131 Å². The molecule has 4 heteroatoms. The Morgan fingerprint density at radius 1 is 1.32 bits per heavy atom. The zero-order valence-corrected chi connectivity index (χ0v) is 12.8. The van der Waals surface area contributed by atoms with Gasteiger partial charge < -0.3 is 4.74 Å². The van der Waals surface area contributed by atoms with Crippen LogP contribution in [0.5, 0.6) is 0 Å². The highest BCUT2D eigenvalue weighted by molar-refractivity contribution is 5.84. The molecule has 0 heterocycles. The molecule has 0 N–H and O–H groups in total. The maximum Gasteiger partial charge on any atom is 0.331 e. The van der Waals surface area contributed by atoms with Crippen LogP contribution in [-0.4, -0.2) is 24.8 Å². The number of esters is 1. The fourth-order valence-electron chi connectivity index (χ4n) is 1.66. The molecule has 0 amide bonds. The summed E-state index contributed by atoms with van der Waals surface area (Å²) in [6.45, 7) is 2.09. The highest BCUT2D eigenvalue weighted by Gasteiger charge is 2.16. The zero-order valence-electron chi connectivity index (χ0n) is 12.8. The van der Waals surface area contributed by atoms with Gasteiger partial charge in [-0.1, -0.05) is 30.3 Å². The molecule has 114 valence electrons. The van der Waals surface area contributed by atoms with Crippen LogP contribution in [0.3, 0.4) is 0 Å². The second-order valence-corrected chi connectivity index (χ2v) is 4.53. The van der Waals surface area contributed by atoms with Crippen molar-refractivity contribution in [2.45, 2.75) is 38.6 Å². The van der Waals surface area contributed by atoms with E-state index < -0.39 is 6.04 Å². The molecule has 0 saturated heterocycles. The van der Waals surface area contributed by atoms with E-state index in [2.05, 4.69) is 22.9 Å². The van der Waals surface area contributed by atoms with Crippen molar-refractivity contribution in [1.29, 1.82) is 5.26 Å². The number of nitriles is 1. The smallest absolute Gasteiger partial charge is 0.331 e. The number of carbonyl (C=O) groups excluding carboxylic acids is 1. The quantitative estimate of drug-likeness (QED) is 0.336. The Kier molecular flexibility index (Phi) is 8.82. The van der Waals surface area contributed by atoms with Crippen LogP contribution in [-0.2, 0) is 9.53 Å². The number of hydrogen-bond donors (Lipinski definition) is 0. The van der Waals surface area contributed by atoms with Gasteiger partial charge in [-0.2, -0.15) is 5.26 Å². The fraction of sp³-hybridized carbons (Fsp3) is 0.389. The highest BCUT2D eigenvalue weighted by atomic mass is 16.5. The summed E-state index contributed by atoms with van der Waals surface area (Å²) < 4.78 is 5.02. The zero-order chi connectivity index (χ0) is 16.0. The van der Waals surface area contributed by atoms with Crippen molar-refractivity contribution in [1.82, 2.24) is 0 Å². The summed E-state index contributed by atoms with van der Waals surface area (Å²) in [5, 5.41) is 8.44. The number of carbonyl (C=O) groups is 1. The maximum atomic E-state index is 11.9. The monoisotopic (exact) mass is 296 g/mol. The van der Waals surface area contributed by atoms with E-state index in [0.717, 1.165) is 12.0 Å². The van der Waals surface area contributed by atoms with Crippen LogP contribution in [0.2, 0.25) is 0 Å². The lowest BCUT2D eigenvalue weighted by Crippen LogP contribution is -2.21. The van der Waals surface area contributed by atoms with Gasteiger partial charge in [-0.15, -0.1) is 11.8 Å². The minimum atomic E-state index is -0.608. The van der Waals surface area contributed by atoms with Crippen LogP contribution in [0, 0.1) is 23.2 Å². The lowest BCUT2D eigenvalue weighted by molar-refractivity contribution is -0.144. The van der Waals surface area contributed by atoms with Gasteiger partial charge in [-0.25, -0.2) is 4.79 Å². The second-order valence-electron chi connectivity index (χ2n) is 4.53. The van der Waals surface area contributed by atoms with Crippen molar-refractivity contribution in [3.63, 3.8) is 0 Å². The molecule has 0 bridgehead atoms. The maximum absolute atomic E-state index is 11.9. The summed E-state index contributed by atoms with van der Waals surface area (Å²) in [4.78, 5) is 16.2. The van der Waals surface area contributed by atoms with Gasteiger partial charge in [0.05, 0.1) is 12.7 Å². The first-order valence-electron chi connectivity index (χ1n) is 7.35. The van der Waals surface area contributed by atoms with Crippen LogP contribution >= 0.6 is 0 Å². The Bertz CT molecular complexity index is 577. The van der Waals surface area contributed by atoms with Crippen LogP contribution in [0.4, 0.5) is 0 Å². The van der Waals surface area contributed by atoms with E-state index in [1.165, 1.54) is 0 Å². The molecule has 0 aromatic heterocycles. The van der Waals surface area contributed by atoms with Crippen LogP contribution in [0.15, 0.2) is 35.3 Å².